The summed E-state index contributed by atoms with van der Waals surface area (Å²) in [6.45, 7) is 0.543. The summed E-state index contributed by atoms with van der Waals surface area (Å²) in [6.07, 6.45) is 1.43. The van der Waals surface area contributed by atoms with Gasteiger partial charge in [-0.25, -0.2) is 0 Å². The minimum absolute atomic E-state index is 0.0351. The molecule has 0 bridgehead atoms. The Morgan fingerprint density at radius 2 is 1.93 bits per heavy atom. The molecule has 1 N–H and O–H groups in total. The Morgan fingerprint density at radius 1 is 1.17 bits per heavy atom. The fourth-order valence-corrected chi connectivity index (χ4v) is 4.27. The SMILES string of the molecule is COc1ccc(N2CC(c3nnc(NC(=O)CCc4ccccc4)s3)CC2=O)cc1. The number of rotatable bonds is 7. The van der Waals surface area contributed by atoms with Crippen LogP contribution >= 0.6 is 11.3 Å². The van der Waals surface area contributed by atoms with Gasteiger partial charge in [0.25, 0.3) is 0 Å². The molecule has 2 aromatic carbocycles. The molecule has 0 radical (unpaired) electrons. The second kappa shape index (κ2) is 9.04. The first kappa shape index (κ1) is 20.0. The standard InChI is InChI=1S/C22H22N4O3S/c1-29-18-10-8-17(9-11-18)26-14-16(13-20(26)28)21-24-25-22(30-21)23-19(27)12-7-15-5-3-2-4-6-15/h2-6,8-11,16H,7,12-14H2,1H3,(H,23,25,27). The summed E-state index contributed by atoms with van der Waals surface area (Å²) in [5.41, 5.74) is 1.95. The number of amides is 2. The molecule has 1 saturated heterocycles. The van der Waals surface area contributed by atoms with Crippen LogP contribution in [0.4, 0.5) is 10.8 Å². The van der Waals surface area contributed by atoms with Gasteiger partial charge >= 0.3 is 0 Å². The summed E-state index contributed by atoms with van der Waals surface area (Å²) < 4.78 is 5.17. The molecule has 1 aliphatic rings. The molecule has 2 heterocycles. The molecule has 4 rings (SSSR count). The number of hydrogen-bond donors (Lipinski definition) is 1. The maximum absolute atomic E-state index is 12.5. The third-order valence-electron chi connectivity index (χ3n) is 5.03. The van der Waals surface area contributed by atoms with E-state index >= 15 is 0 Å². The van der Waals surface area contributed by atoms with Crippen LogP contribution in [0.15, 0.2) is 54.6 Å². The fourth-order valence-electron chi connectivity index (χ4n) is 3.42. The zero-order valence-corrected chi connectivity index (χ0v) is 17.4. The molecule has 7 nitrogen and oxygen atoms in total. The van der Waals surface area contributed by atoms with E-state index in [4.69, 9.17) is 4.74 Å². The molecule has 3 aromatic rings. The quantitative estimate of drug-likeness (QED) is 0.628. The number of aromatic nitrogens is 2. The van der Waals surface area contributed by atoms with Crippen LogP contribution in [0.3, 0.4) is 0 Å². The van der Waals surface area contributed by atoms with Crippen molar-refractivity contribution in [2.24, 2.45) is 0 Å². The van der Waals surface area contributed by atoms with Gasteiger partial charge in [0.05, 0.1) is 7.11 Å². The third kappa shape index (κ3) is 4.65. The summed E-state index contributed by atoms with van der Waals surface area (Å²) in [5, 5.41) is 12.4. The summed E-state index contributed by atoms with van der Waals surface area (Å²) in [7, 11) is 1.61. The van der Waals surface area contributed by atoms with Crippen molar-refractivity contribution in [3.63, 3.8) is 0 Å². The monoisotopic (exact) mass is 422 g/mol. The molecule has 1 atom stereocenters. The molecule has 1 unspecified atom stereocenters. The molecule has 154 valence electrons. The van der Waals surface area contributed by atoms with Gasteiger partial charge in [-0.3, -0.25) is 9.59 Å². The zero-order chi connectivity index (χ0) is 20.9. The summed E-state index contributed by atoms with van der Waals surface area (Å²) >= 11 is 1.33. The predicted molar refractivity (Wildman–Crippen MR) is 116 cm³/mol. The van der Waals surface area contributed by atoms with Crippen molar-refractivity contribution in [3.05, 3.63) is 65.2 Å². The van der Waals surface area contributed by atoms with Gasteiger partial charge in [0.15, 0.2) is 0 Å². The number of ether oxygens (including phenoxy) is 1. The first-order valence-corrected chi connectivity index (χ1v) is 10.6. The van der Waals surface area contributed by atoms with Crippen LogP contribution in [-0.4, -0.2) is 35.7 Å². The Labute approximate surface area is 178 Å². The van der Waals surface area contributed by atoms with Crippen LogP contribution in [0.1, 0.15) is 29.3 Å². The molecule has 30 heavy (non-hydrogen) atoms. The highest BCUT2D eigenvalue weighted by atomic mass is 32.1. The largest absolute Gasteiger partial charge is 0.497 e. The second-order valence-electron chi connectivity index (χ2n) is 7.08. The molecular weight excluding hydrogens is 400 g/mol. The van der Waals surface area contributed by atoms with Crippen LogP contribution < -0.4 is 15.0 Å². The van der Waals surface area contributed by atoms with Crippen molar-refractivity contribution < 1.29 is 14.3 Å². The molecule has 1 aromatic heterocycles. The Bertz CT molecular complexity index is 1020. The van der Waals surface area contributed by atoms with Gasteiger partial charge in [-0.05, 0) is 36.2 Å². The van der Waals surface area contributed by atoms with Gasteiger partial charge in [-0.1, -0.05) is 41.7 Å². The lowest BCUT2D eigenvalue weighted by atomic mass is 10.1. The molecule has 0 spiro atoms. The molecular formula is C22H22N4O3S. The zero-order valence-electron chi connectivity index (χ0n) is 16.6. The van der Waals surface area contributed by atoms with E-state index in [2.05, 4.69) is 15.5 Å². The van der Waals surface area contributed by atoms with Crippen molar-refractivity contribution in [2.75, 3.05) is 23.9 Å². The highest BCUT2D eigenvalue weighted by molar-refractivity contribution is 7.15. The van der Waals surface area contributed by atoms with Gasteiger partial charge in [-0.2, -0.15) is 0 Å². The van der Waals surface area contributed by atoms with Crippen LogP contribution in [0.2, 0.25) is 0 Å². The lowest BCUT2D eigenvalue weighted by molar-refractivity contribution is -0.117. The molecule has 8 heteroatoms. The second-order valence-corrected chi connectivity index (χ2v) is 8.09. The number of anilines is 2. The normalized spacial score (nSPS) is 16.0. The lowest BCUT2D eigenvalue weighted by Gasteiger charge is -2.16. The number of nitrogens with zero attached hydrogens (tertiary/aromatic N) is 3. The minimum Gasteiger partial charge on any atom is -0.497 e. The molecule has 2 amide bonds. The fraction of sp³-hybridized carbons (Fsp3) is 0.273. The van der Waals surface area contributed by atoms with Crippen molar-refractivity contribution in [1.82, 2.24) is 10.2 Å². The Morgan fingerprint density at radius 3 is 2.67 bits per heavy atom. The number of carbonyl (C=O) groups excluding carboxylic acids is 2. The predicted octanol–water partition coefficient (Wildman–Crippen LogP) is 3.64. The van der Waals surface area contributed by atoms with Crippen LogP contribution in [0.5, 0.6) is 5.75 Å². The van der Waals surface area contributed by atoms with Gasteiger partial charge in [-0.15, -0.1) is 10.2 Å². The Balaban J connectivity index is 1.34. The lowest BCUT2D eigenvalue weighted by Crippen LogP contribution is -2.24. The van der Waals surface area contributed by atoms with Crippen molar-refractivity contribution in [3.8, 4) is 5.75 Å². The molecule has 0 aliphatic carbocycles. The van der Waals surface area contributed by atoms with Crippen molar-refractivity contribution >= 4 is 34.0 Å². The minimum atomic E-state index is -0.0936. The number of hydrogen-bond acceptors (Lipinski definition) is 6. The maximum atomic E-state index is 12.5. The summed E-state index contributed by atoms with van der Waals surface area (Å²) in [4.78, 5) is 26.5. The summed E-state index contributed by atoms with van der Waals surface area (Å²) in [5.74, 6) is 0.670. The Kier molecular flexibility index (Phi) is 6.04. The highest BCUT2D eigenvalue weighted by Crippen LogP contribution is 2.34. The van der Waals surface area contributed by atoms with Gasteiger partial charge in [0, 0.05) is 31.0 Å². The number of methoxy groups -OCH3 is 1. The Hall–Kier alpha value is -3.26. The van der Waals surface area contributed by atoms with E-state index in [1.165, 1.54) is 11.3 Å². The molecule has 1 fully saturated rings. The van der Waals surface area contributed by atoms with E-state index in [9.17, 15) is 9.59 Å². The number of carbonyl (C=O) groups is 2. The van der Waals surface area contributed by atoms with Crippen LogP contribution in [0.25, 0.3) is 0 Å². The molecule has 1 aliphatic heterocycles. The van der Waals surface area contributed by atoms with Crippen molar-refractivity contribution in [2.45, 2.75) is 25.2 Å². The first-order chi connectivity index (χ1) is 14.6. The maximum Gasteiger partial charge on any atom is 0.227 e. The van der Waals surface area contributed by atoms with Gasteiger partial charge < -0.3 is 15.0 Å². The van der Waals surface area contributed by atoms with Crippen LogP contribution in [0, 0.1) is 0 Å². The molecule has 0 saturated carbocycles. The average molecular weight is 423 g/mol. The van der Waals surface area contributed by atoms with E-state index in [1.54, 1.807) is 12.0 Å². The highest BCUT2D eigenvalue weighted by Gasteiger charge is 2.34. The van der Waals surface area contributed by atoms with E-state index < -0.39 is 0 Å². The topological polar surface area (TPSA) is 84.4 Å². The number of nitrogens with one attached hydrogen (secondary N) is 1. The van der Waals surface area contributed by atoms with Gasteiger partial charge in [0.1, 0.15) is 10.8 Å². The van der Waals surface area contributed by atoms with E-state index in [1.807, 2.05) is 54.6 Å². The first-order valence-electron chi connectivity index (χ1n) is 9.74. The van der Waals surface area contributed by atoms with E-state index in [0.717, 1.165) is 22.0 Å². The average Bonchev–Trinajstić information content (AvgIpc) is 3.39. The smallest absolute Gasteiger partial charge is 0.227 e. The van der Waals surface area contributed by atoms with E-state index in [0.29, 0.717) is 30.9 Å². The number of aryl methyl sites for hydroxylation is 1. The van der Waals surface area contributed by atoms with Gasteiger partial charge in [0.2, 0.25) is 16.9 Å². The van der Waals surface area contributed by atoms with Crippen LogP contribution in [-0.2, 0) is 16.0 Å². The number of benzene rings is 2. The summed E-state index contributed by atoms with van der Waals surface area (Å²) in [6, 6.07) is 17.3. The third-order valence-corrected chi connectivity index (χ3v) is 6.03. The van der Waals surface area contributed by atoms with E-state index in [-0.39, 0.29) is 17.7 Å². The van der Waals surface area contributed by atoms with Crippen molar-refractivity contribution in [1.29, 1.82) is 0 Å².